The van der Waals surface area contributed by atoms with Gasteiger partial charge in [-0.1, -0.05) is 38.2 Å². The third kappa shape index (κ3) is 4.56. The van der Waals surface area contributed by atoms with E-state index in [-0.39, 0.29) is 22.9 Å². The molecule has 2 aromatic carbocycles. The summed E-state index contributed by atoms with van der Waals surface area (Å²) in [5.41, 5.74) is 2.54. The zero-order chi connectivity index (χ0) is 25.0. The molecule has 0 bridgehead atoms. The quantitative estimate of drug-likeness (QED) is 0.578. The average molecular weight is 504 g/mol. The minimum atomic E-state index is -3.64. The Labute approximate surface area is 203 Å². The summed E-state index contributed by atoms with van der Waals surface area (Å²) in [6, 6.07) is 10.7. The van der Waals surface area contributed by atoms with Crippen molar-refractivity contribution in [1.82, 2.24) is 4.57 Å². The van der Waals surface area contributed by atoms with Gasteiger partial charge in [-0.2, -0.15) is 0 Å². The number of hydrogen-bond donors (Lipinski definition) is 1. The van der Waals surface area contributed by atoms with E-state index < -0.39 is 22.0 Å². The van der Waals surface area contributed by atoms with Crippen LogP contribution >= 0.6 is 11.3 Å². The minimum Gasteiger partial charge on any atom is -0.476 e. The van der Waals surface area contributed by atoms with E-state index >= 15 is 0 Å². The molecule has 0 aliphatic carbocycles. The Kier molecular flexibility index (Phi) is 6.02. The molecule has 0 unspecified atom stereocenters. The molecule has 2 heterocycles. The summed E-state index contributed by atoms with van der Waals surface area (Å²) >= 11 is 1.12. The number of anilines is 2. The van der Waals surface area contributed by atoms with Crippen LogP contribution in [0.25, 0.3) is 10.2 Å². The predicted octanol–water partition coefficient (Wildman–Crippen LogP) is 4.11. The van der Waals surface area contributed by atoms with Crippen molar-refractivity contribution in [3.05, 3.63) is 51.6 Å². The Bertz CT molecular complexity index is 1430. The highest BCUT2D eigenvalue weighted by Crippen LogP contribution is 2.38. The van der Waals surface area contributed by atoms with Crippen LogP contribution in [0.15, 0.2) is 41.2 Å². The number of hydrogen-bond acceptors (Lipinski definition) is 6. The highest BCUT2D eigenvalue weighted by Gasteiger charge is 2.36. The van der Waals surface area contributed by atoms with Gasteiger partial charge < -0.3 is 10.1 Å². The molecule has 1 N–H and O–H groups in total. The molecule has 8 nitrogen and oxygen atoms in total. The molecular formula is C24H29N3O5S2. The lowest BCUT2D eigenvalue weighted by Crippen LogP contribution is -2.48. The molecule has 34 heavy (non-hydrogen) atoms. The van der Waals surface area contributed by atoms with Crippen LogP contribution in [0, 0.1) is 0 Å². The van der Waals surface area contributed by atoms with Crippen molar-refractivity contribution in [2.24, 2.45) is 0 Å². The van der Waals surface area contributed by atoms with Gasteiger partial charge in [0.25, 0.3) is 5.91 Å². The average Bonchev–Trinajstić information content (AvgIpc) is 3.06. The van der Waals surface area contributed by atoms with E-state index in [0.29, 0.717) is 17.1 Å². The summed E-state index contributed by atoms with van der Waals surface area (Å²) in [6.07, 6.45) is 0.0909. The number of amides is 1. The Morgan fingerprint density at radius 1 is 1.18 bits per heavy atom. The molecule has 0 spiro atoms. The molecule has 1 aliphatic rings. The van der Waals surface area contributed by atoms with Gasteiger partial charge in [0.15, 0.2) is 6.10 Å². The second kappa shape index (κ2) is 8.42. The van der Waals surface area contributed by atoms with E-state index in [1.165, 1.54) is 4.31 Å². The molecule has 1 aromatic heterocycles. The lowest BCUT2D eigenvalue weighted by atomic mass is 9.86. The van der Waals surface area contributed by atoms with Gasteiger partial charge in [-0.25, -0.2) is 8.42 Å². The minimum absolute atomic E-state index is 0.0261. The maximum atomic E-state index is 13.1. The van der Waals surface area contributed by atoms with Gasteiger partial charge in [0.1, 0.15) is 5.75 Å². The molecule has 0 fully saturated rings. The van der Waals surface area contributed by atoms with Crippen LogP contribution in [0.5, 0.6) is 5.75 Å². The van der Waals surface area contributed by atoms with Crippen LogP contribution in [0.4, 0.5) is 11.4 Å². The molecule has 3 aromatic rings. The van der Waals surface area contributed by atoms with Crippen LogP contribution in [-0.4, -0.2) is 37.8 Å². The van der Waals surface area contributed by atoms with Crippen molar-refractivity contribution in [2.75, 3.05) is 22.4 Å². The van der Waals surface area contributed by atoms with Gasteiger partial charge in [0, 0.05) is 11.7 Å². The molecule has 10 heteroatoms. The number of aromatic nitrogens is 1. The van der Waals surface area contributed by atoms with E-state index in [2.05, 4.69) is 5.32 Å². The van der Waals surface area contributed by atoms with E-state index in [0.717, 1.165) is 33.4 Å². The molecule has 182 valence electrons. The van der Waals surface area contributed by atoms with E-state index in [1.807, 2.05) is 40.7 Å². The summed E-state index contributed by atoms with van der Waals surface area (Å²) in [7, 11) is -3.64. The Hall–Kier alpha value is -2.85. The fraction of sp³-hybridized carbons (Fsp3) is 0.417. The van der Waals surface area contributed by atoms with Gasteiger partial charge in [-0.3, -0.25) is 18.5 Å². The van der Waals surface area contributed by atoms with Crippen molar-refractivity contribution < 1.29 is 17.9 Å². The van der Waals surface area contributed by atoms with Crippen LogP contribution in [-0.2, 0) is 20.2 Å². The number of rotatable bonds is 4. The molecule has 1 aliphatic heterocycles. The molecule has 1 amide bonds. The largest absolute Gasteiger partial charge is 0.476 e. The lowest BCUT2D eigenvalue weighted by Gasteiger charge is -2.35. The molecule has 4 rings (SSSR count). The SMILES string of the molecule is CC(C)n1c(=O)sc2cc(NC(=O)[C@@H]3CN(S(C)(=O)=O)c4cc(C(C)(C)C)ccc4O3)ccc21. The molecule has 1 atom stereocenters. The highest BCUT2D eigenvalue weighted by molar-refractivity contribution is 7.92. The Morgan fingerprint density at radius 3 is 2.50 bits per heavy atom. The number of nitrogens with zero attached hydrogens (tertiary/aromatic N) is 2. The topological polar surface area (TPSA) is 97.7 Å². The zero-order valence-electron chi connectivity index (χ0n) is 20.1. The van der Waals surface area contributed by atoms with E-state index in [1.54, 1.807) is 34.9 Å². The first kappa shape index (κ1) is 24.3. The van der Waals surface area contributed by atoms with Gasteiger partial charge in [0.05, 0.1) is 28.7 Å². The first-order valence-corrected chi connectivity index (χ1v) is 13.7. The van der Waals surface area contributed by atoms with Crippen molar-refractivity contribution in [3.63, 3.8) is 0 Å². The van der Waals surface area contributed by atoms with E-state index in [4.69, 9.17) is 4.74 Å². The summed E-state index contributed by atoms with van der Waals surface area (Å²) in [5.74, 6) is -0.123. The van der Waals surface area contributed by atoms with Gasteiger partial charge in [-0.15, -0.1) is 0 Å². The maximum Gasteiger partial charge on any atom is 0.308 e. The van der Waals surface area contributed by atoms with Gasteiger partial charge in [0.2, 0.25) is 10.0 Å². The third-order valence-corrected chi connectivity index (χ3v) is 7.85. The molecule has 0 saturated carbocycles. The number of nitrogens with one attached hydrogen (secondary N) is 1. The number of carbonyl (C=O) groups excluding carboxylic acids is 1. The molecular weight excluding hydrogens is 474 g/mol. The first-order chi connectivity index (χ1) is 15.8. The maximum absolute atomic E-state index is 13.1. The van der Waals surface area contributed by atoms with Crippen LogP contribution in [0.3, 0.4) is 0 Å². The smallest absolute Gasteiger partial charge is 0.308 e. The second-order valence-electron chi connectivity index (χ2n) is 9.84. The van der Waals surface area contributed by atoms with Crippen molar-refractivity contribution in [1.29, 1.82) is 0 Å². The lowest BCUT2D eigenvalue weighted by molar-refractivity contribution is -0.122. The van der Waals surface area contributed by atoms with Crippen molar-refractivity contribution in [2.45, 2.75) is 52.2 Å². The monoisotopic (exact) mass is 503 g/mol. The predicted molar refractivity (Wildman–Crippen MR) is 137 cm³/mol. The fourth-order valence-corrected chi connectivity index (χ4v) is 5.95. The van der Waals surface area contributed by atoms with Gasteiger partial charge >= 0.3 is 4.87 Å². The van der Waals surface area contributed by atoms with E-state index in [9.17, 15) is 18.0 Å². The summed E-state index contributed by atoms with van der Waals surface area (Å²) in [4.78, 5) is 25.3. The number of fused-ring (bicyclic) bond motifs is 2. The number of carbonyl (C=O) groups is 1. The van der Waals surface area contributed by atoms with Crippen molar-refractivity contribution >= 4 is 48.9 Å². The van der Waals surface area contributed by atoms with Gasteiger partial charge in [-0.05, 0) is 55.2 Å². The van der Waals surface area contributed by atoms with Crippen LogP contribution in [0.1, 0.15) is 46.2 Å². The van der Waals surface area contributed by atoms with Crippen LogP contribution < -0.4 is 19.2 Å². The Morgan fingerprint density at radius 2 is 1.88 bits per heavy atom. The molecule has 0 saturated heterocycles. The third-order valence-electron chi connectivity index (χ3n) is 5.78. The standard InChI is InChI=1S/C24H29N3O5S2/c1-14(2)27-17-9-8-16(12-21(17)33-23(27)29)25-22(28)20-13-26(34(6,30)31)18-11-15(24(3,4)5)7-10-19(18)32-20/h7-12,14,20H,13H2,1-6H3,(H,25,28)/t20-/m0/s1. The zero-order valence-corrected chi connectivity index (χ0v) is 21.7. The summed E-state index contributed by atoms with van der Waals surface area (Å²) < 4.78 is 34.8. The summed E-state index contributed by atoms with van der Waals surface area (Å²) in [6.45, 7) is 9.89. The summed E-state index contributed by atoms with van der Waals surface area (Å²) in [5, 5.41) is 2.81. The first-order valence-electron chi connectivity index (χ1n) is 11.0. The van der Waals surface area contributed by atoms with Crippen molar-refractivity contribution in [3.8, 4) is 5.75 Å². The highest BCUT2D eigenvalue weighted by atomic mass is 32.2. The Balaban J connectivity index is 1.63. The number of ether oxygens (including phenoxy) is 1. The number of benzene rings is 2. The number of sulfonamides is 1. The fourth-order valence-electron chi connectivity index (χ4n) is 3.99. The van der Waals surface area contributed by atoms with Crippen LogP contribution in [0.2, 0.25) is 0 Å². The number of thiazole rings is 1. The second-order valence-corrected chi connectivity index (χ2v) is 12.7. The normalized spacial score (nSPS) is 16.4. The molecule has 0 radical (unpaired) electrons.